The van der Waals surface area contributed by atoms with Crippen molar-refractivity contribution in [3.63, 3.8) is 0 Å². The summed E-state index contributed by atoms with van der Waals surface area (Å²) in [5.41, 5.74) is 1.31. The van der Waals surface area contributed by atoms with Crippen molar-refractivity contribution >= 4 is 22.7 Å². The van der Waals surface area contributed by atoms with E-state index in [0.29, 0.717) is 22.6 Å². The summed E-state index contributed by atoms with van der Waals surface area (Å²) in [5, 5.41) is 1.52. The molecule has 5 nitrogen and oxygen atoms in total. The molecule has 2 aliphatic rings. The molecule has 0 aliphatic carbocycles. The van der Waals surface area contributed by atoms with Crippen LogP contribution in [0.3, 0.4) is 0 Å². The van der Waals surface area contributed by atoms with Crippen molar-refractivity contribution in [3.05, 3.63) is 40.2 Å². The summed E-state index contributed by atoms with van der Waals surface area (Å²) in [6, 6.07) is 7.83. The minimum absolute atomic E-state index is 0.305. The molecule has 3 heterocycles. The maximum Gasteiger partial charge on any atom is 0.336 e. The summed E-state index contributed by atoms with van der Waals surface area (Å²) < 4.78 is 16.2. The van der Waals surface area contributed by atoms with E-state index in [1.807, 2.05) is 23.9 Å². The van der Waals surface area contributed by atoms with Crippen LogP contribution >= 0.6 is 11.8 Å². The number of nitrogens with zero attached hydrogens (tertiary/aromatic N) is 1. The van der Waals surface area contributed by atoms with Gasteiger partial charge in [0, 0.05) is 54.3 Å². The van der Waals surface area contributed by atoms with Crippen LogP contribution in [0.15, 0.2) is 33.5 Å². The smallest absolute Gasteiger partial charge is 0.336 e. The van der Waals surface area contributed by atoms with Gasteiger partial charge < -0.3 is 13.9 Å². The van der Waals surface area contributed by atoms with Crippen molar-refractivity contribution < 1.29 is 13.9 Å². The molecule has 2 fully saturated rings. The van der Waals surface area contributed by atoms with Crippen LogP contribution in [0.2, 0.25) is 0 Å². The van der Waals surface area contributed by atoms with Gasteiger partial charge in [-0.3, -0.25) is 4.90 Å². The Morgan fingerprint density at radius 1 is 1.38 bits per heavy atom. The lowest BCUT2D eigenvalue weighted by Gasteiger charge is -2.43. The second-order valence-corrected chi connectivity index (χ2v) is 7.61. The van der Waals surface area contributed by atoms with Gasteiger partial charge in [0.25, 0.3) is 0 Å². The van der Waals surface area contributed by atoms with Gasteiger partial charge >= 0.3 is 5.63 Å². The molecule has 0 N–H and O–H groups in total. The summed E-state index contributed by atoms with van der Waals surface area (Å²) in [7, 11) is 1.61. The minimum Gasteiger partial charge on any atom is -0.497 e. The third kappa shape index (κ3) is 3.06. The lowest BCUT2D eigenvalue weighted by Crippen LogP contribution is -2.51. The predicted octanol–water partition coefficient (Wildman–Crippen LogP) is 2.51. The van der Waals surface area contributed by atoms with E-state index in [9.17, 15) is 4.79 Å². The largest absolute Gasteiger partial charge is 0.497 e. The molecule has 2 aliphatic heterocycles. The van der Waals surface area contributed by atoms with E-state index in [-0.39, 0.29) is 5.63 Å². The summed E-state index contributed by atoms with van der Waals surface area (Å²) in [6.45, 7) is 3.48. The molecule has 2 aromatic rings. The number of rotatable bonds is 3. The number of benzene rings is 1. The molecule has 1 aromatic carbocycles. The summed E-state index contributed by atoms with van der Waals surface area (Å²) in [5.74, 6) is 1.80. The Kier molecular flexibility index (Phi) is 4.52. The molecule has 0 radical (unpaired) electrons. The first kappa shape index (κ1) is 16.0. The van der Waals surface area contributed by atoms with Gasteiger partial charge in [-0.05, 0) is 24.1 Å². The third-order valence-electron chi connectivity index (χ3n) is 4.86. The quantitative estimate of drug-likeness (QED) is 0.795. The standard InChI is InChI=1S/C18H21NO4S/c1-21-13-2-3-14-12(8-18(20)23-16(14)9-13)10-19-5-7-24-17-11-22-6-4-15(17)19/h2-3,8-9,15,17H,4-7,10-11H2,1H3. The van der Waals surface area contributed by atoms with E-state index >= 15 is 0 Å². The van der Waals surface area contributed by atoms with Crippen LogP contribution in [-0.4, -0.2) is 48.8 Å². The van der Waals surface area contributed by atoms with Crippen LogP contribution in [0.4, 0.5) is 0 Å². The number of fused-ring (bicyclic) bond motifs is 2. The highest BCUT2D eigenvalue weighted by atomic mass is 32.2. The number of thioether (sulfide) groups is 1. The maximum absolute atomic E-state index is 12.0. The zero-order valence-electron chi connectivity index (χ0n) is 13.7. The average molecular weight is 347 g/mol. The molecular formula is C18H21NO4S. The van der Waals surface area contributed by atoms with Crippen LogP contribution in [0, 0.1) is 0 Å². The van der Waals surface area contributed by atoms with Crippen molar-refractivity contribution in [2.45, 2.75) is 24.3 Å². The van der Waals surface area contributed by atoms with Gasteiger partial charge in [0.15, 0.2) is 0 Å². The molecule has 24 heavy (non-hydrogen) atoms. The van der Waals surface area contributed by atoms with E-state index in [0.717, 1.165) is 49.4 Å². The van der Waals surface area contributed by atoms with Gasteiger partial charge in [0.1, 0.15) is 11.3 Å². The SMILES string of the molecule is COc1ccc2c(CN3CCSC4COCCC43)cc(=O)oc2c1. The molecule has 6 heteroatoms. The Morgan fingerprint density at radius 2 is 2.29 bits per heavy atom. The molecule has 0 amide bonds. The van der Waals surface area contributed by atoms with E-state index in [1.54, 1.807) is 19.2 Å². The fraction of sp³-hybridized carbons (Fsp3) is 0.500. The van der Waals surface area contributed by atoms with E-state index < -0.39 is 0 Å². The molecule has 1 aromatic heterocycles. The normalized spacial score (nSPS) is 24.7. The van der Waals surface area contributed by atoms with Gasteiger partial charge in [-0.25, -0.2) is 4.79 Å². The molecule has 2 saturated heterocycles. The van der Waals surface area contributed by atoms with Gasteiger partial charge in [0.05, 0.1) is 13.7 Å². The van der Waals surface area contributed by atoms with Gasteiger partial charge in [-0.15, -0.1) is 0 Å². The molecule has 2 unspecified atom stereocenters. The van der Waals surface area contributed by atoms with Crippen LogP contribution < -0.4 is 10.4 Å². The first-order valence-electron chi connectivity index (χ1n) is 8.29. The lowest BCUT2D eigenvalue weighted by atomic mass is 10.0. The highest BCUT2D eigenvalue weighted by Gasteiger charge is 2.34. The third-order valence-corrected chi connectivity index (χ3v) is 6.16. The Hall–Kier alpha value is -1.50. The molecule has 0 bridgehead atoms. The summed E-state index contributed by atoms with van der Waals surface area (Å²) >= 11 is 2.01. The van der Waals surface area contributed by atoms with Crippen LogP contribution in [0.5, 0.6) is 5.75 Å². The zero-order chi connectivity index (χ0) is 16.5. The Balaban J connectivity index is 1.67. The van der Waals surface area contributed by atoms with Crippen molar-refractivity contribution in [1.82, 2.24) is 4.90 Å². The van der Waals surface area contributed by atoms with Crippen molar-refractivity contribution in [1.29, 1.82) is 0 Å². The topological polar surface area (TPSA) is 51.9 Å². The van der Waals surface area contributed by atoms with E-state index in [1.165, 1.54) is 0 Å². The fourth-order valence-electron chi connectivity index (χ4n) is 3.65. The number of hydrogen-bond donors (Lipinski definition) is 0. The Morgan fingerprint density at radius 3 is 3.17 bits per heavy atom. The lowest BCUT2D eigenvalue weighted by molar-refractivity contribution is 0.0352. The monoisotopic (exact) mass is 347 g/mol. The second kappa shape index (κ2) is 6.78. The van der Waals surface area contributed by atoms with Gasteiger partial charge in [-0.1, -0.05) is 0 Å². The number of methoxy groups -OCH3 is 1. The van der Waals surface area contributed by atoms with Gasteiger partial charge in [0.2, 0.25) is 0 Å². The first-order chi connectivity index (χ1) is 11.7. The highest BCUT2D eigenvalue weighted by Crippen LogP contribution is 2.32. The Bertz CT molecular complexity index is 788. The minimum atomic E-state index is -0.305. The van der Waals surface area contributed by atoms with Gasteiger partial charge in [-0.2, -0.15) is 11.8 Å². The molecule has 128 valence electrons. The average Bonchev–Trinajstić information content (AvgIpc) is 2.61. The highest BCUT2D eigenvalue weighted by molar-refractivity contribution is 8.00. The van der Waals surface area contributed by atoms with Crippen LogP contribution in [0.25, 0.3) is 11.0 Å². The number of ether oxygens (including phenoxy) is 2. The summed E-state index contributed by atoms with van der Waals surface area (Å²) in [4.78, 5) is 14.5. The number of hydrogen-bond acceptors (Lipinski definition) is 6. The van der Waals surface area contributed by atoms with E-state index in [2.05, 4.69) is 4.90 Å². The second-order valence-electron chi connectivity index (χ2n) is 6.26. The van der Waals surface area contributed by atoms with Crippen LogP contribution in [-0.2, 0) is 11.3 Å². The van der Waals surface area contributed by atoms with Crippen molar-refractivity contribution in [2.75, 3.05) is 32.6 Å². The predicted molar refractivity (Wildman–Crippen MR) is 94.9 cm³/mol. The summed E-state index contributed by atoms with van der Waals surface area (Å²) in [6.07, 6.45) is 1.06. The zero-order valence-corrected chi connectivity index (χ0v) is 14.5. The molecule has 0 saturated carbocycles. The maximum atomic E-state index is 12.0. The van der Waals surface area contributed by atoms with Crippen LogP contribution in [0.1, 0.15) is 12.0 Å². The van der Waals surface area contributed by atoms with Crippen molar-refractivity contribution in [3.8, 4) is 5.75 Å². The molecular weight excluding hydrogens is 326 g/mol. The van der Waals surface area contributed by atoms with E-state index in [4.69, 9.17) is 13.9 Å². The Labute approximate surface area is 144 Å². The molecule has 0 spiro atoms. The molecule has 4 rings (SSSR count). The first-order valence-corrected chi connectivity index (χ1v) is 9.33. The fourth-order valence-corrected chi connectivity index (χ4v) is 5.01. The molecule has 2 atom stereocenters. The van der Waals surface area contributed by atoms with Crippen molar-refractivity contribution in [2.24, 2.45) is 0 Å².